The van der Waals surface area contributed by atoms with Gasteiger partial charge in [-0.05, 0) is 18.9 Å². The first-order valence-electron chi connectivity index (χ1n) is 6.03. The summed E-state index contributed by atoms with van der Waals surface area (Å²) in [5, 5.41) is 12.1. The smallest absolute Gasteiger partial charge is 0.374 e. The maximum atomic E-state index is 12.4. The Morgan fingerprint density at radius 3 is 2.60 bits per heavy atom. The summed E-state index contributed by atoms with van der Waals surface area (Å²) in [4.78, 5) is 11.0. The summed E-state index contributed by atoms with van der Waals surface area (Å²) in [7, 11) is -3.38. The van der Waals surface area contributed by atoms with Crippen LogP contribution < -0.4 is 0 Å². The van der Waals surface area contributed by atoms with E-state index in [-0.39, 0.29) is 21.6 Å². The lowest BCUT2D eigenvalue weighted by Crippen LogP contribution is -2.08. The van der Waals surface area contributed by atoms with Gasteiger partial charge in [-0.2, -0.15) is 0 Å². The highest BCUT2D eigenvalue weighted by atomic mass is 32.2. The molecule has 0 atom stereocenters. The molecule has 3 rings (SSSR count). The van der Waals surface area contributed by atoms with Crippen LogP contribution in [0.5, 0.6) is 0 Å². The van der Waals surface area contributed by atoms with Gasteiger partial charge in [-0.1, -0.05) is 23.4 Å². The van der Waals surface area contributed by atoms with E-state index < -0.39 is 15.8 Å². The number of sulfone groups is 1. The Balaban J connectivity index is 2.12. The first kappa shape index (κ1) is 12.9. The van der Waals surface area contributed by atoms with Crippen LogP contribution in [0.15, 0.2) is 39.8 Å². The molecule has 0 bridgehead atoms. The van der Waals surface area contributed by atoms with E-state index in [0.29, 0.717) is 18.4 Å². The second kappa shape index (κ2) is 4.45. The zero-order valence-corrected chi connectivity index (χ0v) is 11.1. The van der Waals surface area contributed by atoms with Crippen LogP contribution in [0, 0.1) is 0 Å². The molecule has 0 amide bonds. The fourth-order valence-corrected chi connectivity index (χ4v) is 3.85. The predicted molar refractivity (Wildman–Crippen MR) is 69.1 cm³/mol. The highest BCUT2D eigenvalue weighted by Gasteiger charge is 2.38. The van der Waals surface area contributed by atoms with Gasteiger partial charge < -0.3 is 9.63 Å². The standard InChI is InChI=1S/C13H11NO5S/c15-13(16)11-7-10(14-19-11)9-3-1-2-4-12(9)20(17,18)8-5-6-8/h1-4,7-8H,5-6H2,(H,15,16). The van der Waals surface area contributed by atoms with Crippen molar-refractivity contribution in [1.29, 1.82) is 0 Å². The summed E-state index contributed by atoms with van der Waals surface area (Å²) in [6, 6.07) is 7.65. The van der Waals surface area contributed by atoms with Crippen LogP contribution in [-0.2, 0) is 9.84 Å². The molecule has 0 unspecified atom stereocenters. The average Bonchev–Trinajstić information content (AvgIpc) is 3.17. The molecular formula is C13H11NO5S. The van der Waals surface area contributed by atoms with Crippen LogP contribution in [0.4, 0.5) is 0 Å². The van der Waals surface area contributed by atoms with E-state index in [2.05, 4.69) is 9.68 Å². The van der Waals surface area contributed by atoms with E-state index in [9.17, 15) is 13.2 Å². The Morgan fingerprint density at radius 2 is 2.00 bits per heavy atom. The first-order chi connectivity index (χ1) is 9.50. The van der Waals surface area contributed by atoms with Crippen molar-refractivity contribution in [1.82, 2.24) is 5.16 Å². The normalized spacial score (nSPS) is 15.2. The highest BCUT2D eigenvalue weighted by Crippen LogP contribution is 2.37. The SMILES string of the molecule is O=C(O)c1cc(-c2ccccc2S(=O)(=O)C2CC2)no1. The Hall–Kier alpha value is -2.15. The fourth-order valence-electron chi connectivity index (χ4n) is 1.99. The quantitative estimate of drug-likeness (QED) is 0.925. The van der Waals surface area contributed by atoms with Gasteiger partial charge in [-0.15, -0.1) is 0 Å². The molecule has 1 aliphatic rings. The maximum absolute atomic E-state index is 12.4. The van der Waals surface area contributed by atoms with Crippen LogP contribution >= 0.6 is 0 Å². The molecule has 0 spiro atoms. The van der Waals surface area contributed by atoms with Gasteiger partial charge >= 0.3 is 5.97 Å². The minimum Gasteiger partial charge on any atom is -0.475 e. The maximum Gasteiger partial charge on any atom is 0.374 e. The number of rotatable bonds is 4. The van der Waals surface area contributed by atoms with E-state index in [1.807, 2.05) is 0 Å². The fraction of sp³-hybridized carbons (Fsp3) is 0.231. The number of carbonyl (C=O) groups is 1. The summed E-state index contributed by atoms with van der Waals surface area (Å²) in [6.07, 6.45) is 1.33. The van der Waals surface area contributed by atoms with Crippen LogP contribution in [0.2, 0.25) is 0 Å². The van der Waals surface area contributed by atoms with Gasteiger partial charge in [0.25, 0.3) is 0 Å². The molecule has 0 aliphatic heterocycles. The van der Waals surface area contributed by atoms with Gasteiger partial charge in [0.2, 0.25) is 5.76 Å². The average molecular weight is 293 g/mol. The number of hydrogen-bond donors (Lipinski definition) is 1. The van der Waals surface area contributed by atoms with Crippen molar-refractivity contribution in [2.45, 2.75) is 23.0 Å². The summed E-state index contributed by atoms with van der Waals surface area (Å²) in [5.74, 6) is -1.56. The van der Waals surface area contributed by atoms with E-state index in [0.717, 1.165) is 0 Å². The van der Waals surface area contributed by atoms with E-state index >= 15 is 0 Å². The number of aromatic nitrogens is 1. The molecule has 2 aromatic rings. The third-order valence-corrected chi connectivity index (χ3v) is 5.47. The molecule has 1 N–H and O–H groups in total. The molecule has 1 aromatic carbocycles. The van der Waals surface area contributed by atoms with Crippen LogP contribution in [0.25, 0.3) is 11.3 Å². The highest BCUT2D eigenvalue weighted by molar-refractivity contribution is 7.92. The molecule has 104 valence electrons. The number of benzene rings is 1. The Labute approximate surface area is 114 Å². The molecule has 20 heavy (non-hydrogen) atoms. The van der Waals surface area contributed by atoms with Gasteiger partial charge in [-0.3, -0.25) is 0 Å². The molecule has 1 fully saturated rings. The van der Waals surface area contributed by atoms with Crippen LogP contribution in [-0.4, -0.2) is 29.9 Å². The molecular weight excluding hydrogens is 282 g/mol. The summed E-state index contributed by atoms with van der Waals surface area (Å²) in [6.45, 7) is 0. The van der Waals surface area contributed by atoms with Gasteiger partial charge in [0, 0.05) is 11.6 Å². The van der Waals surface area contributed by atoms with Crippen LogP contribution in [0.1, 0.15) is 23.4 Å². The predicted octanol–water partition coefficient (Wildman–Crippen LogP) is 1.98. The van der Waals surface area contributed by atoms with Crippen molar-refractivity contribution >= 4 is 15.8 Å². The number of carboxylic acids is 1. The van der Waals surface area contributed by atoms with E-state index in [4.69, 9.17) is 5.11 Å². The van der Waals surface area contributed by atoms with E-state index in [1.165, 1.54) is 12.1 Å². The van der Waals surface area contributed by atoms with Crippen LogP contribution in [0.3, 0.4) is 0 Å². The lowest BCUT2D eigenvalue weighted by molar-refractivity contribution is 0.0652. The monoisotopic (exact) mass is 293 g/mol. The Morgan fingerprint density at radius 1 is 1.30 bits per heavy atom. The van der Waals surface area contributed by atoms with E-state index in [1.54, 1.807) is 18.2 Å². The number of nitrogens with zero attached hydrogens (tertiary/aromatic N) is 1. The summed E-state index contributed by atoms with van der Waals surface area (Å²) < 4.78 is 29.4. The zero-order valence-electron chi connectivity index (χ0n) is 10.3. The lowest BCUT2D eigenvalue weighted by Gasteiger charge is -2.07. The second-order valence-corrected chi connectivity index (χ2v) is 6.82. The summed E-state index contributed by atoms with van der Waals surface area (Å²) >= 11 is 0. The zero-order chi connectivity index (χ0) is 14.3. The molecule has 0 saturated heterocycles. The van der Waals surface area contributed by atoms with Crippen molar-refractivity contribution in [2.24, 2.45) is 0 Å². The molecule has 1 saturated carbocycles. The van der Waals surface area contributed by atoms with Crippen molar-refractivity contribution in [2.75, 3.05) is 0 Å². The van der Waals surface area contributed by atoms with Crippen molar-refractivity contribution in [3.8, 4) is 11.3 Å². The molecule has 1 aliphatic carbocycles. The van der Waals surface area contributed by atoms with Crippen molar-refractivity contribution in [3.63, 3.8) is 0 Å². The van der Waals surface area contributed by atoms with Gasteiger partial charge in [0.15, 0.2) is 9.84 Å². The number of carboxylic acid groups (broad SMARTS) is 1. The molecule has 1 heterocycles. The number of aromatic carboxylic acids is 1. The molecule has 1 aromatic heterocycles. The minimum atomic E-state index is -3.38. The third kappa shape index (κ3) is 2.09. The Kier molecular flexibility index (Phi) is 2.86. The molecule has 6 nitrogen and oxygen atoms in total. The van der Waals surface area contributed by atoms with Crippen molar-refractivity contribution in [3.05, 3.63) is 36.1 Å². The Bertz CT molecular complexity index is 774. The topological polar surface area (TPSA) is 97.5 Å². The van der Waals surface area contributed by atoms with Gasteiger partial charge in [0.05, 0.1) is 10.1 Å². The minimum absolute atomic E-state index is 0.174. The second-order valence-electron chi connectivity index (χ2n) is 4.62. The molecule has 0 radical (unpaired) electrons. The summed E-state index contributed by atoms with van der Waals surface area (Å²) in [5.41, 5.74) is 0.581. The first-order valence-corrected chi connectivity index (χ1v) is 7.58. The number of hydrogen-bond acceptors (Lipinski definition) is 5. The van der Waals surface area contributed by atoms with Gasteiger partial charge in [-0.25, -0.2) is 13.2 Å². The van der Waals surface area contributed by atoms with Crippen molar-refractivity contribution < 1.29 is 22.8 Å². The lowest BCUT2D eigenvalue weighted by atomic mass is 10.1. The van der Waals surface area contributed by atoms with Gasteiger partial charge in [0.1, 0.15) is 5.69 Å². The molecule has 7 heteroatoms. The largest absolute Gasteiger partial charge is 0.475 e. The third-order valence-electron chi connectivity index (χ3n) is 3.15.